The number of nitrogens with two attached hydrogens (primary N) is 5. The van der Waals surface area contributed by atoms with Gasteiger partial charge in [-0.25, -0.2) is 9.78 Å². The molecule has 19 nitrogen and oxygen atoms in total. The Bertz CT molecular complexity index is 1080. The molecule has 0 aliphatic heterocycles. The highest BCUT2D eigenvalue weighted by Gasteiger charge is 2.32. The molecule has 0 aromatic carbocycles. The normalized spacial score (nSPS) is 13.5. The Morgan fingerprint density at radius 1 is 0.829 bits per heavy atom. The van der Waals surface area contributed by atoms with Crippen LogP contribution in [0.5, 0.6) is 0 Å². The second-order valence-corrected chi connectivity index (χ2v) is 8.90. The van der Waals surface area contributed by atoms with Gasteiger partial charge in [-0.15, -0.1) is 0 Å². The molecule has 41 heavy (non-hydrogen) atoms. The molecule has 4 atom stereocenters. The molecule has 0 aliphatic carbocycles. The second-order valence-electron chi connectivity index (χ2n) is 8.90. The van der Waals surface area contributed by atoms with Crippen LogP contribution in [0.2, 0.25) is 0 Å². The summed E-state index contributed by atoms with van der Waals surface area (Å²) in [7, 11) is 0. The molecule has 1 rings (SSSR count). The van der Waals surface area contributed by atoms with E-state index in [4.69, 9.17) is 28.7 Å². The van der Waals surface area contributed by atoms with Gasteiger partial charge in [0.1, 0.15) is 18.1 Å². The maximum absolute atomic E-state index is 13.2. The number of carbonyl (C=O) groups excluding carboxylic acids is 3. The van der Waals surface area contributed by atoms with Gasteiger partial charge in [0, 0.05) is 31.4 Å². The summed E-state index contributed by atoms with van der Waals surface area (Å²) in [5.41, 5.74) is 27.3. The molecule has 19 heteroatoms. The monoisotopic (exact) mass is 582 g/mol. The summed E-state index contributed by atoms with van der Waals surface area (Å²) in [6.45, 7) is 0.335. The molecule has 228 valence electrons. The van der Waals surface area contributed by atoms with Crippen molar-refractivity contribution in [3.05, 3.63) is 18.2 Å². The standard InChI is InChI=1S/C22H38N12O7/c23-12(3-1-5-29-21(24)25)17(37)33-14(7-11-9-28-10-31-11)18(38)34-15(8-16(35)36)19(39)32-13(20(40)41)4-2-6-30-22(26)27/h9-10,12-15H,1-8,23H2,(H,28,31)(H,32,39)(H,33,37)(H,34,38)(H,35,36)(H,40,41)(H4,24,25,29)(H4,26,27,30). The number of carbonyl (C=O) groups is 5. The van der Waals surface area contributed by atoms with Gasteiger partial charge < -0.3 is 59.8 Å². The van der Waals surface area contributed by atoms with E-state index in [1.807, 2.05) is 0 Å². The number of carboxylic acids is 2. The van der Waals surface area contributed by atoms with Crippen LogP contribution in [0.1, 0.15) is 37.8 Å². The highest BCUT2D eigenvalue weighted by atomic mass is 16.4. The molecular formula is C22H38N12O7. The Kier molecular flexibility index (Phi) is 14.6. The topological polar surface area (TPSA) is 345 Å². The van der Waals surface area contributed by atoms with E-state index < -0.39 is 60.2 Å². The molecule has 0 saturated heterocycles. The third kappa shape index (κ3) is 14.1. The zero-order valence-corrected chi connectivity index (χ0v) is 22.3. The van der Waals surface area contributed by atoms with E-state index in [0.717, 1.165) is 0 Å². The van der Waals surface area contributed by atoms with Crippen LogP contribution in [-0.2, 0) is 30.4 Å². The number of aromatic amines is 1. The van der Waals surface area contributed by atoms with Crippen LogP contribution in [0, 0.1) is 0 Å². The van der Waals surface area contributed by atoms with E-state index >= 15 is 0 Å². The van der Waals surface area contributed by atoms with Crippen LogP contribution >= 0.6 is 0 Å². The zero-order chi connectivity index (χ0) is 30.9. The fourth-order valence-electron chi connectivity index (χ4n) is 3.44. The highest BCUT2D eigenvalue weighted by molar-refractivity contribution is 5.95. The molecular weight excluding hydrogens is 544 g/mol. The second kappa shape index (κ2) is 17.6. The molecule has 4 unspecified atom stereocenters. The maximum Gasteiger partial charge on any atom is 0.326 e. The van der Waals surface area contributed by atoms with Crippen molar-refractivity contribution < 1.29 is 34.2 Å². The van der Waals surface area contributed by atoms with Crippen molar-refractivity contribution in [3.63, 3.8) is 0 Å². The van der Waals surface area contributed by atoms with Gasteiger partial charge in [-0.05, 0) is 25.7 Å². The van der Waals surface area contributed by atoms with Crippen molar-refractivity contribution in [2.75, 3.05) is 13.1 Å². The van der Waals surface area contributed by atoms with E-state index in [0.29, 0.717) is 12.1 Å². The molecule has 1 heterocycles. The van der Waals surface area contributed by atoms with Crippen LogP contribution in [0.4, 0.5) is 0 Å². The number of rotatable bonds is 19. The number of amides is 3. The predicted molar refractivity (Wildman–Crippen MR) is 146 cm³/mol. The fourth-order valence-corrected chi connectivity index (χ4v) is 3.44. The summed E-state index contributed by atoms with van der Waals surface area (Å²) < 4.78 is 0. The number of aliphatic imine (C=N–C) groups is 2. The van der Waals surface area contributed by atoms with E-state index in [-0.39, 0.29) is 50.7 Å². The molecule has 1 aromatic heterocycles. The molecule has 1 aromatic rings. The van der Waals surface area contributed by atoms with E-state index in [9.17, 15) is 34.2 Å². The third-order valence-electron chi connectivity index (χ3n) is 5.49. The summed E-state index contributed by atoms with van der Waals surface area (Å²) >= 11 is 0. The number of nitrogens with one attached hydrogen (secondary N) is 4. The minimum atomic E-state index is -1.67. The van der Waals surface area contributed by atoms with E-state index in [1.54, 1.807) is 0 Å². The predicted octanol–water partition coefficient (Wildman–Crippen LogP) is -4.60. The summed E-state index contributed by atoms with van der Waals surface area (Å²) in [5, 5.41) is 25.8. The van der Waals surface area contributed by atoms with Gasteiger partial charge in [0.2, 0.25) is 17.7 Å². The molecule has 0 spiro atoms. The lowest BCUT2D eigenvalue weighted by Gasteiger charge is -2.24. The summed E-state index contributed by atoms with van der Waals surface area (Å²) in [6.07, 6.45) is 2.45. The van der Waals surface area contributed by atoms with E-state index in [1.165, 1.54) is 12.5 Å². The minimum Gasteiger partial charge on any atom is -0.481 e. The Morgan fingerprint density at radius 2 is 1.37 bits per heavy atom. The first kappa shape index (κ1) is 34.1. The Labute approximate surface area is 234 Å². The molecule has 0 radical (unpaired) electrons. The Balaban J connectivity index is 2.98. The molecule has 0 fully saturated rings. The minimum absolute atomic E-state index is 0.0782. The lowest BCUT2D eigenvalue weighted by atomic mass is 10.1. The van der Waals surface area contributed by atoms with E-state index in [2.05, 4.69) is 35.9 Å². The Morgan fingerprint density at radius 3 is 1.88 bits per heavy atom. The van der Waals surface area contributed by atoms with Crippen LogP contribution in [0.15, 0.2) is 22.5 Å². The number of nitrogens with zero attached hydrogens (tertiary/aromatic N) is 3. The third-order valence-corrected chi connectivity index (χ3v) is 5.49. The van der Waals surface area contributed by atoms with Crippen LogP contribution in [-0.4, -0.2) is 99.0 Å². The summed E-state index contributed by atoms with van der Waals surface area (Å²) in [6, 6.07) is -5.42. The number of aromatic nitrogens is 2. The van der Waals surface area contributed by atoms with Gasteiger partial charge in [-0.3, -0.25) is 29.2 Å². The number of hydrogen-bond acceptors (Lipinski definition) is 9. The number of guanidine groups is 2. The fraction of sp³-hybridized carbons (Fsp3) is 0.545. The first-order valence-corrected chi connectivity index (χ1v) is 12.5. The lowest BCUT2D eigenvalue weighted by Crippen LogP contribution is -2.58. The first-order valence-electron chi connectivity index (χ1n) is 12.5. The molecule has 0 aliphatic rings. The SMILES string of the molecule is NC(N)=NCCCC(N)C(=O)NC(Cc1cnc[nH]1)C(=O)NC(CC(=O)O)C(=O)NC(CCCN=C(N)N)C(=O)O. The van der Waals surface area contributed by atoms with Crippen molar-refractivity contribution in [1.82, 2.24) is 25.9 Å². The van der Waals surface area contributed by atoms with Crippen LogP contribution in [0.3, 0.4) is 0 Å². The smallest absolute Gasteiger partial charge is 0.326 e. The highest BCUT2D eigenvalue weighted by Crippen LogP contribution is 2.05. The van der Waals surface area contributed by atoms with Gasteiger partial charge in [0.25, 0.3) is 0 Å². The summed E-state index contributed by atoms with van der Waals surface area (Å²) in [5.74, 6) is -5.79. The number of carboxylic acid groups (broad SMARTS) is 2. The largest absolute Gasteiger partial charge is 0.481 e. The zero-order valence-electron chi connectivity index (χ0n) is 22.3. The number of imidazole rings is 1. The van der Waals surface area contributed by atoms with Gasteiger partial charge in [0.15, 0.2) is 11.9 Å². The van der Waals surface area contributed by atoms with Crippen molar-refractivity contribution in [1.29, 1.82) is 0 Å². The van der Waals surface area contributed by atoms with Crippen LogP contribution in [0.25, 0.3) is 0 Å². The molecule has 16 N–H and O–H groups in total. The molecule has 0 bridgehead atoms. The Hall–Kier alpha value is -4.94. The van der Waals surface area contributed by atoms with Gasteiger partial charge in [-0.2, -0.15) is 0 Å². The van der Waals surface area contributed by atoms with Crippen LogP contribution < -0.4 is 44.6 Å². The van der Waals surface area contributed by atoms with Crippen molar-refractivity contribution >= 4 is 41.6 Å². The van der Waals surface area contributed by atoms with Crippen molar-refractivity contribution in [2.45, 2.75) is 62.7 Å². The van der Waals surface area contributed by atoms with Crippen molar-refractivity contribution in [3.8, 4) is 0 Å². The first-order chi connectivity index (χ1) is 19.3. The summed E-state index contributed by atoms with van der Waals surface area (Å²) in [4.78, 5) is 76.0. The van der Waals surface area contributed by atoms with Gasteiger partial charge in [0.05, 0.1) is 18.8 Å². The van der Waals surface area contributed by atoms with Gasteiger partial charge in [-0.1, -0.05) is 0 Å². The average Bonchev–Trinajstić information content (AvgIpc) is 3.39. The molecule has 3 amide bonds. The maximum atomic E-state index is 13.2. The quantitative estimate of drug-likeness (QED) is 0.0416. The van der Waals surface area contributed by atoms with Gasteiger partial charge >= 0.3 is 11.9 Å². The lowest BCUT2D eigenvalue weighted by molar-refractivity contribution is -0.143. The number of hydrogen-bond donors (Lipinski definition) is 11. The number of H-pyrrole nitrogens is 1. The molecule has 0 saturated carbocycles. The van der Waals surface area contributed by atoms with Crippen molar-refractivity contribution in [2.24, 2.45) is 38.7 Å². The number of aliphatic carboxylic acids is 2. The average molecular weight is 583 g/mol.